The van der Waals surface area contributed by atoms with Crippen molar-refractivity contribution in [2.45, 2.75) is 33.8 Å². The number of sulfonamides is 1. The van der Waals surface area contributed by atoms with Gasteiger partial charge in [-0.3, -0.25) is 9.59 Å². The number of nitrogens with one attached hydrogen (secondary N) is 1. The van der Waals surface area contributed by atoms with E-state index < -0.39 is 27.3 Å². The Morgan fingerprint density at radius 2 is 1.79 bits per heavy atom. The third kappa shape index (κ3) is 4.42. The number of carbonyl (C=O) groups is 2. The zero-order valence-electron chi connectivity index (χ0n) is 16.8. The highest BCUT2D eigenvalue weighted by molar-refractivity contribution is 7.94. The molecule has 1 heterocycles. The molecule has 8 heteroatoms. The quantitative estimate of drug-likeness (QED) is 0.806. The molecule has 0 aliphatic carbocycles. The molecule has 0 bridgehead atoms. The summed E-state index contributed by atoms with van der Waals surface area (Å²) in [6.45, 7) is 7.04. The predicted octanol–water partition coefficient (Wildman–Crippen LogP) is 3.43. The van der Waals surface area contributed by atoms with Gasteiger partial charge in [0.05, 0.1) is 23.0 Å². The number of nitrogens with zero attached hydrogens (tertiary/aromatic N) is 1. The molecule has 2 amide bonds. The van der Waals surface area contributed by atoms with Crippen molar-refractivity contribution in [3.05, 3.63) is 54.1 Å². The summed E-state index contributed by atoms with van der Waals surface area (Å²) in [6, 6.07) is 13.0. The number of hydrogen-bond donors (Lipinski definition) is 1. The van der Waals surface area contributed by atoms with E-state index in [4.69, 9.17) is 4.74 Å². The van der Waals surface area contributed by atoms with Crippen LogP contribution in [0.4, 0.5) is 11.4 Å². The third-order valence-electron chi connectivity index (χ3n) is 4.41. The van der Waals surface area contributed by atoms with Gasteiger partial charge in [-0.05, 0) is 70.2 Å². The van der Waals surface area contributed by atoms with Crippen LogP contribution in [-0.4, -0.2) is 32.1 Å². The fourth-order valence-corrected chi connectivity index (χ4v) is 5.23. The molecular formula is C21H24N2O5S. The van der Waals surface area contributed by atoms with Crippen molar-refractivity contribution in [1.82, 2.24) is 0 Å². The Bertz CT molecular complexity index is 1040. The van der Waals surface area contributed by atoms with Crippen LogP contribution in [0.3, 0.4) is 0 Å². The minimum atomic E-state index is -3.77. The average molecular weight is 416 g/mol. The number of anilines is 2. The molecule has 2 aromatic carbocycles. The smallest absolute Gasteiger partial charge is 0.255 e. The van der Waals surface area contributed by atoms with Gasteiger partial charge >= 0.3 is 0 Å². The maximum absolute atomic E-state index is 12.6. The van der Waals surface area contributed by atoms with Crippen LogP contribution in [0.25, 0.3) is 0 Å². The van der Waals surface area contributed by atoms with Gasteiger partial charge in [0.15, 0.2) is 0 Å². The third-order valence-corrected chi connectivity index (χ3v) is 6.43. The molecule has 0 spiro atoms. The van der Waals surface area contributed by atoms with E-state index in [0.29, 0.717) is 11.4 Å². The van der Waals surface area contributed by atoms with Crippen molar-refractivity contribution < 1.29 is 22.7 Å². The number of hydrogen-bond acceptors (Lipinski definition) is 5. The van der Waals surface area contributed by atoms with Crippen LogP contribution in [0.15, 0.2) is 48.5 Å². The van der Waals surface area contributed by atoms with Crippen LogP contribution in [0.2, 0.25) is 0 Å². The molecule has 1 aliphatic heterocycles. The molecule has 0 atom stereocenters. The van der Waals surface area contributed by atoms with Crippen molar-refractivity contribution in [3.63, 3.8) is 0 Å². The van der Waals surface area contributed by atoms with Crippen molar-refractivity contribution >= 4 is 33.2 Å². The van der Waals surface area contributed by atoms with E-state index in [1.54, 1.807) is 50.2 Å². The molecule has 7 nitrogen and oxygen atoms in total. The van der Waals surface area contributed by atoms with Gasteiger partial charge in [0.1, 0.15) is 5.75 Å². The molecule has 1 aliphatic rings. The summed E-state index contributed by atoms with van der Waals surface area (Å²) in [4.78, 5) is 25.2. The van der Waals surface area contributed by atoms with Crippen molar-refractivity contribution in [3.8, 4) is 5.75 Å². The molecule has 29 heavy (non-hydrogen) atoms. The Hall–Kier alpha value is -2.87. The Labute approximate surface area is 170 Å². The van der Waals surface area contributed by atoms with E-state index in [1.165, 1.54) is 12.1 Å². The van der Waals surface area contributed by atoms with E-state index in [9.17, 15) is 18.0 Å². The number of carbonyl (C=O) groups excluding carboxylic acids is 2. The Morgan fingerprint density at radius 1 is 1.14 bits per heavy atom. The first-order valence-corrected chi connectivity index (χ1v) is 10.9. The summed E-state index contributed by atoms with van der Waals surface area (Å²) < 4.78 is 31.3. The normalized spacial score (nSPS) is 17.4. The van der Waals surface area contributed by atoms with Gasteiger partial charge in [-0.25, -0.2) is 12.7 Å². The standard InChI is InChI=1S/C21H24N2O5S/c1-14(2)28-18-10-8-16(9-11-18)22-19(24)15-6-5-7-17(12-15)23-20(25)21(3,4)13-29(23,26)27/h5-12,14H,13H2,1-4H3,(H,22,24). The highest BCUT2D eigenvalue weighted by Crippen LogP contribution is 2.36. The maximum atomic E-state index is 12.6. The molecule has 2 aromatic rings. The second kappa shape index (κ2) is 7.51. The van der Waals surface area contributed by atoms with Crippen LogP contribution in [0, 0.1) is 5.41 Å². The molecule has 0 saturated carbocycles. The summed E-state index contributed by atoms with van der Waals surface area (Å²) in [6.07, 6.45) is 0.0488. The Morgan fingerprint density at radius 3 is 2.34 bits per heavy atom. The Kier molecular flexibility index (Phi) is 5.40. The van der Waals surface area contributed by atoms with Gasteiger partial charge in [0.2, 0.25) is 15.9 Å². The summed E-state index contributed by atoms with van der Waals surface area (Å²) in [5.41, 5.74) is -0.0224. The molecule has 0 unspecified atom stereocenters. The molecule has 3 rings (SSSR count). The zero-order chi connectivity index (χ0) is 21.4. The van der Waals surface area contributed by atoms with Crippen molar-refractivity contribution in [1.29, 1.82) is 0 Å². The first kappa shape index (κ1) is 20.9. The lowest BCUT2D eigenvalue weighted by atomic mass is 9.95. The minimum Gasteiger partial charge on any atom is -0.491 e. The van der Waals surface area contributed by atoms with Crippen LogP contribution in [0.5, 0.6) is 5.75 Å². The molecule has 0 aromatic heterocycles. The summed E-state index contributed by atoms with van der Waals surface area (Å²) in [5.74, 6) is -0.482. The van der Waals surface area contributed by atoms with Crippen LogP contribution in [-0.2, 0) is 14.8 Å². The lowest BCUT2D eigenvalue weighted by Gasteiger charge is -2.18. The molecule has 0 radical (unpaired) electrons. The molecule has 154 valence electrons. The number of amides is 2. The SMILES string of the molecule is CC(C)Oc1ccc(NC(=O)c2cccc(N3C(=O)C(C)(C)CS3(=O)=O)c2)cc1. The fraction of sp³-hybridized carbons (Fsp3) is 0.333. The van der Waals surface area contributed by atoms with Crippen molar-refractivity contribution in [2.24, 2.45) is 5.41 Å². The number of ether oxygens (including phenoxy) is 1. The second-order valence-corrected chi connectivity index (χ2v) is 9.72. The van der Waals surface area contributed by atoms with Gasteiger partial charge in [0, 0.05) is 11.3 Å². The average Bonchev–Trinajstić information content (AvgIpc) is 2.79. The lowest BCUT2D eigenvalue weighted by molar-refractivity contribution is -0.123. The van der Waals surface area contributed by atoms with Crippen molar-refractivity contribution in [2.75, 3.05) is 15.4 Å². The molecular weight excluding hydrogens is 392 g/mol. The minimum absolute atomic E-state index is 0.0488. The molecule has 1 saturated heterocycles. The number of benzene rings is 2. The first-order valence-electron chi connectivity index (χ1n) is 9.25. The van der Waals surface area contributed by atoms with E-state index in [-0.39, 0.29) is 23.1 Å². The number of rotatable bonds is 5. The summed E-state index contributed by atoms with van der Waals surface area (Å²) in [7, 11) is -3.77. The van der Waals surface area contributed by atoms with Crippen LogP contribution < -0.4 is 14.4 Å². The van der Waals surface area contributed by atoms with Crippen LogP contribution >= 0.6 is 0 Å². The van der Waals surface area contributed by atoms with Gasteiger partial charge in [-0.15, -0.1) is 0 Å². The fourth-order valence-electron chi connectivity index (χ4n) is 3.13. The first-order chi connectivity index (χ1) is 13.5. The summed E-state index contributed by atoms with van der Waals surface area (Å²) >= 11 is 0. The van der Waals surface area contributed by atoms with Gasteiger partial charge in [-0.1, -0.05) is 6.07 Å². The van der Waals surface area contributed by atoms with Gasteiger partial charge in [0.25, 0.3) is 5.91 Å². The highest BCUT2D eigenvalue weighted by atomic mass is 32.2. The monoisotopic (exact) mass is 416 g/mol. The van der Waals surface area contributed by atoms with E-state index >= 15 is 0 Å². The summed E-state index contributed by atoms with van der Waals surface area (Å²) in [5, 5.41) is 2.76. The van der Waals surface area contributed by atoms with E-state index in [0.717, 1.165) is 4.31 Å². The molecule has 1 N–H and O–H groups in total. The molecule has 1 fully saturated rings. The Balaban J connectivity index is 1.81. The van der Waals surface area contributed by atoms with E-state index in [1.807, 2.05) is 13.8 Å². The second-order valence-electron chi connectivity index (χ2n) is 7.91. The maximum Gasteiger partial charge on any atom is 0.255 e. The largest absolute Gasteiger partial charge is 0.491 e. The predicted molar refractivity (Wildman–Crippen MR) is 112 cm³/mol. The van der Waals surface area contributed by atoms with Crippen LogP contribution in [0.1, 0.15) is 38.1 Å². The highest BCUT2D eigenvalue weighted by Gasteiger charge is 2.49. The topological polar surface area (TPSA) is 92.8 Å². The lowest BCUT2D eigenvalue weighted by Crippen LogP contribution is -2.33. The van der Waals surface area contributed by atoms with Gasteiger partial charge in [-0.2, -0.15) is 0 Å². The van der Waals surface area contributed by atoms with E-state index in [2.05, 4.69) is 5.32 Å². The van der Waals surface area contributed by atoms with Gasteiger partial charge < -0.3 is 10.1 Å². The zero-order valence-corrected chi connectivity index (χ0v) is 17.6.